The summed E-state index contributed by atoms with van der Waals surface area (Å²) in [5.41, 5.74) is 0.429. The number of hydrogen-bond acceptors (Lipinski definition) is 4. The van der Waals surface area contributed by atoms with Crippen LogP contribution in [0.3, 0.4) is 0 Å². The van der Waals surface area contributed by atoms with Crippen LogP contribution in [-0.4, -0.2) is 39.3 Å². The van der Waals surface area contributed by atoms with Gasteiger partial charge in [-0.05, 0) is 6.07 Å². The van der Waals surface area contributed by atoms with Crippen molar-refractivity contribution in [1.82, 2.24) is 10.6 Å². The van der Waals surface area contributed by atoms with Crippen molar-refractivity contribution in [3.05, 3.63) is 20.3 Å². The molecule has 1 heterocycles. The number of ether oxygens (including phenoxy) is 1. The molecule has 104 valence electrons. The van der Waals surface area contributed by atoms with Gasteiger partial charge in [-0.15, -0.1) is 23.7 Å². The number of carbonyl (C=O) groups is 1. The summed E-state index contributed by atoms with van der Waals surface area (Å²) in [6, 6.07) is 1.57. The summed E-state index contributed by atoms with van der Waals surface area (Å²) in [4.78, 5) is 11.7. The molecule has 8 heteroatoms. The highest BCUT2D eigenvalue weighted by molar-refractivity contribution is 7.20. The first-order valence-electron chi connectivity index (χ1n) is 5.08. The monoisotopic (exact) mass is 332 g/mol. The number of amides is 1. The smallest absolute Gasteiger partial charge is 0.253 e. The van der Waals surface area contributed by atoms with Gasteiger partial charge >= 0.3 is 0 Å². The van der Waals surface area contributed by atoms with E-state index in [0.717, 1.165) is 6.54 Å². The lowest BCUT2D eigenvalue weighted by atomic mass is 10.3. The maximum absolute atomic E-state index is 11.7. The predicted molar refractivity (Wildman–Crippen MR) is 78.7 cm³/mol. The third kappa shape index (κ3) is 6.22. The van der Waals surface area contributed by atoms with E-state index in [1.165, 1.54) is 11.3 Å². The van der Waals surface area contributed by atoms with Gasteiger partial charge in [0, 0.05) is 26.7 Å². The summed E-state index contributed by atoms with van der Waals surface area (Å²) in [5, 5.41) is 5.87. The molecule has 1 rings (SSSR count). The second-order valence-electron chi connectivity index (χ2n) is 3.24. The van der Waals surface area contributed by atoms with Crippen LogP contribution in [0.1, 0.15) is 10.4 Å². The Morgan fingerprint density at radius 2 is 2.11 bits per heavy atom. The highest BCUT2D eigenvalue weighted by atomic mass is 35.5. The molecule has 4 nitrogen and oxygen atoms in total. The second-order valence-corrected chi connectivity index (χ2v) is 5.52. The Kier molecular flexibility index (Phi) is 9.81. The average molecular weight is 334 g/mol. The van der Waals surface area contributed by atoms with Gasteiger partial charge in [-0.1, -0.05) is 23.2 Å². The minimum absolute atomic E-state index is 0. The van der Waals surface area contributed by atoms with Gasteiger partial charge in [0.25, 0.3) is 5.91 Å². The van der Waals surface area contributed by atoms with Crippen LogP contribution < -0.4 is 10.6 Å². The highest BCUT2D eigenvalue weighted by Gasteiger charge is 2.13. The summed E-state index contributed by atoms with van der Waals surface area (Å²) in [6.45, 7) is 2.63. The van der Waals surface area contributed by atoms with Crippen LogP contribution in [0.5, 0.6) is 0 Å². The molecular weight excluding hydrogens is 319 g/mol. The molecule has 0 fully saturated rings. The van der Waals surface area contributed by atoms with Crippen LogP contribution in [0.2, 0.25) is 8.67 Å². The zero-order valence-electron chi connectivity index (χ0n) is 9.79. The second kappa shape index (κ2) is 9.83. The molecule has 0 saturated carbocycles. The van der Waals surface area contributed by atoms with Crippen LogP contribution in [-0.2, 0) is 4.74 Å². The lowest BCUT2D eigenvalue weighted by Gasteiger charge is -2.05. The molecule has 18 heavy (non-hydrogen) atoms. The van der Waals surface area contributed by atoms with Crippen LogP contribution in [0.15, 0.2) is 6.07 Å². The maximum atomic E-state index is 11.7. The third-order valence-electron chi connectivity index (χ3n) is 1.97. The Labute approximate surface area is 126 Å². The van der Waals surface area contributed by atoms with Gasteiger partial charge in [0.1, 0.15) is 4.34 Å². The fraction of sp³-hybridized carbons (Fsp3) is 0.500. The molecule has 0 aliphatic heterocycles. The first kappa shape index (κ1) is 18.0. The molecule has 0 saturated heterocycles. The highest BCUT2D eigenvalue weighted by Crippen LogP contribution is 2.30. The fourth-order valence-electron chi connectivity index (χ4n) is 1.15. The van der Waals surface area contributed by atoms with Crippen LogP contribution in [0.25, 0.3) is 0 Å². The van der Waals surface area contributed by atoms with Crippen LogP contribution in [0.4, 0.5) is 0 Å². The molecule has 0 spiro atoms. The number of thiophene rings is 1. The van der Waals surface area contributed by atoms with Gasteiger partial charge in [-0.3, -0.25) is 4.79 Å². The molecule has 0 bridgehead atoms. The van der Waals surface area contributed by atoms with E-state index < -0.39 is 0 Å². The molecule has 0 unspecified atom stereocenters. The zero-order valence-corrected chi connectivity index (χ0v) is 12.9. The van der Waals surface area contributed by atoms with Gasteiger partial charge in [0.05, 0.1) is 16.5 Å². The van der Waals surface area contributed by atoms with Crippen LogP contribution >= 0.6 is 46.9 Å². The molecule has 1 aromatic heterocycles. The first-order chi connectivity index (χ1) is 8.15. The molecular formula is C10H15Cl3N2O2S. The van der Waals surface area contributed by atoms with E-state index in [1.807, 2.05) is 0 Å². The van der Waals surface area contributed by atoms with Gasteiger partial charge in [-0.2, -0.15) is 0 Å². The minimum atomic E-state index is -0.202. The average Bonchev–Trinajstić information content (AvgIpc) is 2.62. The minimum Gasteiger partial charge on any atom is -0.383 e. The Balaban J connectivity index is 0.00000289. The Morgan fingerprint density at radius 1 is 1.39 bits per heavy atom. The van der Waals surface area contributed by atoms with Crippen molar-refractivity contribution in [3.63, 3.8) is 0 Å². The maximum Gasteiger partial charge on any atom is 0.253 e. The van der Waals surface area contributed by atoms with E-state index in [4.69, 9.17) is 27.9 Å². The van der Waals surface area contributed by atoms with Crippen molar-refractivity contribution in [2.24, 2.45) is 0 Å². The normalized spacial score (nSPS) is 9.94. The number of rotatable bonds is 7. The lowest BCUT2D eigenvalue weighted by Crippen LogP contribution is -2.33. The van der Waals surface area contributed by atoms with Crippen molar-refractivity contribution in [2.45, 2.75) is 0 Å². The standard InChI is InChI=1S/C10H14Cl2N2O2S.ClH/c1-16-5-4-13-2-3-14-10(15)7-6-8(11)17-9(7)12;/h6,13H,2-5H2,1H3,(H,14,15);1H. The van der Waals surface area contributed by atoms with Crippen molar-refractivity contribution in [3.8, 4) is 0 Å². The SMILES string of the molecule is COCCNCCNC(=O)c1cc(Cl)sc1Cl.Cl. The van der Waals surface area contributed by atoms with Crippen molar-refractivity contribution >= 4 is 52.9 Å². The Bertz CT molecular complexity index is 374. The van der Waals surface area contributed by atoms with Crippen molar-refractivity contribution < 1.29 is 9.53 Å². The molecule has 2 N–H and O–H groups in total. The van der Waals surface area contributed by atoms with Gasteiger partial charge in [0.15, 0.2) is 0 Å². The molecule has 0 aromatic carbocycles. The number of methoxy groups -OCH3 is 1. The molecule has 0 atom stereocenters. The number of carbonyl (C=O) groups excluding carboxylic acids is 1. The zero-order chi connectivity index (χ0) is 12.7. The molecule has 0 aliphatic carbocycles. The Morgan fingerprint density at radius 3 is 2.67 bits per heavy atom. The van der Waals surface area contributed by atoms with Gasteiger partial charge in [-0.25, -0.2) is 0 Å². The van der Waals surface area contributed by atoms with E-state index in [0.29, 0.717) is 33.9 Å². The van der Waals surface area contributed by atoms with E-state index in [-0.39, 0.29) is 18.3 Å². The molecule has 0 radical (unpaired) electrons. The topological polar surface area (TPSA) is 50.4 Å². The number of halogens is 3. The van der Waals surface area contributed by atoms with Gasteiger partial charge < -0.3 is 15.4 Å². The number of hydrogen-bond donors (Lipinski definition) is 2. The molecule has 1 amide bonds. The van der Waals surface area contributed by atoms with Crippen molar-refractivity contribution in [1.29, 1.82) is 0 Å². The first-order valence-corrected chi connectivity index (χ1v) is 6.65. The van der Waals surface area contributed by atoms with Crippen LogP contribution in [0, 0.1) is 0 Å². The summed E-state index contributed by atoms with van der Waals surface area (Å²) < 4.78 is 5.81. The predicted octanol–water partition coefficient (Wildman–Crippen LogP) is 2.44. The van der Waals surface area contributed by atoms with E-state index in [9.17, 15) is 4.79 Å². The third-order valence-corrected chi connectivity index (χ3v) is 3.46. The fourth-order valence-corrected chi connectivity index (χ4v) is 2.61. The quantitative estimate of drug-likeness (QED) is 0.754. The largest absolute Gasteiger partial charge is 0.383 e. The molecule has 1 aromatic rings. The summed E-state index contributed by atoms with van der Waals surface area (Å²) >= 11 is 12.8. The number of nitrogens with one attached hydrogen (secondary N) is 2. The molecule has 0 aliphatic rings. The van der Waals surface area contributed by atoms with E-state index >= 15 is 0 Å². The van der Waals surface area contributed by atoms with E-state index in [2.05, 4.69) is 10.6 Å². The van der Waals surface area contributed by atoms with E-state index in [1.54, 1.807) is 13.2 Å². The Hall–Kier alpha value is -0.0400. The van der Waals surface area contributed by atoms with Crippen molar-refractivity contribution in [2.75, 3.05) is 33.4 Å². The summed E-state index contributed by atoms with van der Waals surface area (Å²) in [7, 11) is 1.64. The lowest BCUT2D eigenvalue weighted by molar-refractivity contribution is 0.0954. The van der Waals surface area contributed by atoms with Gasteiger partial charge in [0.2, 0.25) is 0 Å². The summed E-state index contributed by atoms with van der Waals surface area (Å²) in [6.07, 6.45) is 0. The summed E-state index contributed by atoms with van der Waals surface area (Å²) in [5.74, 6) is -0.202.